The summed E-state index contributed by atoms with van der Waals surface area (Å²) in [5.74, 6) is 0.191. The summed E-state index contributed by atoms with van der Waals surface area (Å²) in [5, 5.41) is 6.27. The predicted molar refractivity (Wildman–Crippen MR) is 102 cm³/mol. The first-order valence-corrected chi connectivity index (χ1v) is 10.3. The highest BCUT2D eigenvalue weighted by Gasteiger charge is 1.99. The van der Waals surface area contributed by atoms with Crippen LogP contribution in [0.15, 0.2) is 0 Å². The first-order chi connectivity index (χ1) is 11.3. The number of amides is 1. The van der Waals surface area contributed by atoms with E-state index in [1.54, 1.807) is 0 Å². The maximum Gasteiger partial charge on any atom is 0.221 e. The van der Waals surface area contributed by atoms with Crippen LogP contribution in [-0.2, 0) is 4.79 Å². The van der Waals surface area contributed by atoms with Gasteiger partial charge in [-0.15, -0.1) is 0 Å². The average Bonchev–Trinajstić information content (AvgIpc) is 2.56. The topological polar surface area (TPSA) is 41.1 Å². The Morgan fingerprint density at radius 3 is 1.65 bits per heavy atom. The Morgan fingerprint density at radius 1 is 0.609 bits per heavy atom. The maximum absolute atomic E-state index is 11.6. The monoisotopic (exact) mass is 326 g/mol. The largest absolute Gasteiger partial charge is 0.356 e. The number of carbonyl (C=O) groups is 1. The molecule has 0 aromatic carbocycles. The molecule has 0 aromatic heterocycles. The van der Waals surface area contributed by atoms with Gasteiger partial charge in [-0.2, -0.15) is 0 Å². The summed E-state index contributed by atoms with van der Waals surface area (Å²) in [4.78, 5) is 11.6. The van der Waals surface area contributed by atoms with E-state index in [-0.39, 0.29) is 5.91 Å². The Balaban J connectivity index is 3.08. The van der Waals surface area contributed by atoms with E-state index in [0.29, 0.717) is 6.42 Å². The second-order valence-corrected chi connectivity index (χ2v) is 6.74. The SMILES string of the molecule is CCCCCCCCCCCCCCNC(=O)CCNCCC. The van der Waals surface area contributed by atoms with Gasteiger partial charge < -0.3 is 10.6 Å². The minimum absolute atomic E-state index is 0.191. The van der Waals surface area contributed by atoms with Crippen molar-refractivity contribution in [2.75, 3.05) is 19.6 Å². The zero-order chi connectivity index (χ0) is 17.0. The normalized spacial score (nSPS) is 10.9. The van der Waals surface area contributed by atoms with Crippen LogP contribution in [0.1, 0.15) is 104 Å². The van der Waals surface area contributed by atoms with Crippen LogP contribution in [0.25, 0.3) is 0 Å². The van der Waals surface area contributed by atoms with Crippen LogP contribution >= 0.6 is 0 Å². The molecule has 0 saturated carbocycles. The quantitative estimate of drug-likeness (QED) is 0.340. The van der Waals surface area contributed by atoms with Gasteiger partial charge >= 0.3 is 0 Å². The Morgan fingerprint density at radius 2 is 1.13 bits per heavy atom. The second-order valence-electron chi connectivity index (χ2n) is 6.74. The van der Waals surface area contributed by atoms with Gasteiger partial charge in [-0.1, -0.05) is 84.5 Å². The summed E-state index contributed by atoms with van der Waals surface area (Å²) in [5.41, 5.74) is 0. The molecule has 0 aliphatic carbocycles. The lowest BCUT2D eigenvalue weighted by molar-refractivity contribution is -0.121. The molecule has 0 atom stereocenters. The second kappa shape index (κ2) is 19.5. The van der Waals surface area contributed by atoms with Crippen molar-refractivity contribution in [1.29, 1.82) is 0 Å². The van der Waals surface area contributed by atoms with Crippen LogP contribution in [0.5, 0.6) is 0 Å². The van der Waals surface area contributed by atoms with E-state index in [2.05, 4.69) is 24.5 Å². The molecule has 0 spiro atoms. The number of carbonyl (C=O) groups excluding carboxylic acids is 1. The fraction of sp³-hybridized carbons (Fsp3) is 0.950. The Hall–Kier alpha value is -0.570. The van der Waals surface area contributed by atoms with Crippen molar-refractivity contribution in [1.82, 2.24) is 10.6 Å². The van der Waals surface area contributed by atoms with Crippen LogP contribution in [0.2, 0.25) is 0 Å². The molecule has 0 radical (unpaired) electrons. The summed E-state index contributed by atoms with van der Waals surface area (Å²) >= 11 is 0. The predicted octanol–water partition coefficient (Wildman–Crippen LogP) is 5.19. The molecule has 2 N–H and O–H groups in total. The number of hydrogen-bond acceptors (Lipinski definition) is 2. The summed E-state index contributed by atoms with van der Waals surface area (Å²) in [6.45, 7) is 7.07. The van der Waals surface area contributed by atoms with Gasteiger partial charge in [0.1, 0.15) is 0 Å². The van der Waals surface area contributed by atoms with E-state index >= 15 is 0 Å². The van der Waals surface area contributed by atoms with Crippen molar-refractivity contribution in [3.05, 3.63) is 0 Å². The first kappa shape index (κ1) is 22.4. The lowest BCUT2D eigenvalue weighted by Gasteiger charge is -2.06. The van der Waals surface area contributed by atoms with E-state index in [1.165, 1.54) is 70.6 Å². The molecule has 23 heavy (non-hydrogen) atoms. The highest BCUT2D eigenvalue weighted by molar-refractivity contribution is 5.75. The Kier molecular flexibility index (Phi) is 19.0. The lowest BCUT2D eigenvalue weighted by Crippen LogP contribution is -2.28. The molecule has 0 aliphatic rings. The van der Waals surface area contributed by atoms with E-state index < -0.39 is 0 Å². The van der Waals surface area contributed by atoms with E-state index in [0.717, 1.165) is 32.5 Å². The van der Waals surface area contributed by atoms with Gasteiger partial charge in [0.25, 0.3) is 0 Å². The number of rotatable bonds is 18. The van der Waals surface area contributed by atoms with Crippen LogP contribution in [0.3, 0.4) is 0 Å². The van der Waals surface area contributed by atoms with Gasteiger partial charge in [-0.3, -0.25) is 4.79 Å². The molecular formula is C20H42N2O. The zero-order valence-corrected chi connectivity index (χ0v) is 15.9. The molecule has 0 heterocycles. The summed E-state index contributed by atoms with van der Waals surface area (Å²) in [6.07, 6.45) is 18.1. The summed E-state index contributed by atoms with van der Waals surface area (Å²) in [7, 11) is 0. The highest BCUT2D eigenvalue weighted by atomic mass is 16.1. The molecule has 0 saturated heterocycles. The van der Waals surface area contributed by atoms with Gasteiger partial charge in [0, 0.05) is 19.5 Å². The molecule has 0 aromatic rings. The highest BCUT2D eigenvalue weighted by Crippen LogP contribution is 2.11. The standard InChI is InChI=1S/C20H42N2O/c1-3-5-6-7-8-9-10-11-12-13-14-15-18-22-20(23)16-19-21-17-4-2/h21H,3-19H2,1-2H3,(H,22,23). The maximum atomic E-state index is 11.6. The number of unbranched alkanes of at least 4 members (excludes halogenated alkanes) is 11. The van der Waals surface area contributed by atoms with E-state index in [9.17, 15) is 4.79 Å². The lowest BCUT2D eigenvalue weighted by atomic mass is 10.1. The van der Waals surface area contributed by atoms with Crippen molar-refractivity contribution >= 4 is 5.91 Å². The molecule has 0 rings (SSSR count). The average molecular weight is 327 g/mol. The van der Waals surface area contributed by atoms with Gasteiger partial charge in [-0.05, 0) is 19.4 Å². The third-order valence-corrected chi connectivity index (χ3v) is 4.31. The zero-order valence-electron chi connectivity index (χ0n) is 15.9. The minimum atomic E-state index is 0.191. The van der Waals surface area contributed by atoms with Crippen LogP contribution in [0.4, 0.5) is 0 Å². The van der Waals surface area contributed by atoms with E-state index in [4.69, 9.17) is 0 Å². The third kappa shape index (κ3) is 19.4. The molecule has 0 aliphatic heterocycles. The number of hydrogen-bond donors (Lipinski definition) is 2. The van der Waals surface area contributed by atoms with Crippen molar-refractivity contribution in [3.8, 4) is 0 Å². The van der Waals surface area contributed by atoms with Gasteiger partial charge in [-0.25, -0.2) is 0 Å². The Labute approximate surface area is 145 Å². The van der Waals surface area contributed by atoms with E-state index in [1.807, 2.05) is 0 Å². The third-order valence-electron chi connectivity index (χ3n) is 4.31. The number of nitrogens with one attached hydrogen (secondary N) is 2. The molecular weight excluding hydrogens is 284 g/mol. The first-order valence-electron chi connectivity index (χ1n) is 10.3. The smallest absolute Gasteiger partial charge is 0.221 e. The van der Waals surface area contributed by atoms with Crippen molar-refractivity contribution in [3.63, 3.8) is 0 Å². The van der Waals surface area contributed by atoms with Crippen LogP contribution < -0.4 is 10.6 Å². The Bertz CT molecular complexity index is 244. The van der Waals surface area contributed by atoms with Gasteiger partial charge in [0.2, 0.25) is 5.91 Å². The molecule has 3 nitrogen and oxygen atoms in total. The van der Waals surface area contributed by atoms with Gasteiger partial charge in [0.05, 0.1) is 0 Å². The molecule has 0 fully saturated rings. The molecule has 1 amide bonds. The van der Waals surface area contributed by atoms with Crippen molar-refractivity contribution in [2.24, 2.45) is 0 Å². The fourth-order valence-corrected chi connectivity index (χ4v) is 2.79. The summed E-state index contributed by atoms with van der Waals surface area (Å²) in [6, 6.07) is 0. The molecule has 0 unspecified atom stereocenters. The van der Waals surface area contributed by atoms with Crippen molar-refractivity contribution < 1.29 is 4.79 Å². The van der Waals surface area contributed by atoms with Crippen LogP contribution in [0, 0.1) is 0 Å². The molecule has 138 valence electrons. The van der Waals surface area contributed by atoms with Crippen LogP contribution in [-0.4, -0.2) is 25.5 Å². The van der Waals surface area contributed by atoms with Crippen molar-refractivity contribution in [2.45, 2.75) is 104 Å². The molecule has 0 bridgehead atoms. The summed E-state index contributed by atoms with van der Waals surface area (Å²) < 4.78 is 0. The van der Waals surface area contributed by atoms with Gasteiger partial charge in [0.15, 0.2) is 0 Å². The molecule has 3 heteroatoms. The fourth-order valence-electron chi connectivity index (χ4n) is 2.79. The minimum Gasteiger partial charge on any atom is -0.356 e.